The number of hydrogen-bond donors (Lipinski definition) is 5. The van der Waals surface area contributed by atoms with Crippen LogP contribution in [0.2, 0.25) is 0 Å². The lowest BCUT2D eigenvalue weighted by atomic mass is 9.94. The van der Waals surface area contributed by atoms with E-state index in [0.717, 1.165) is 80.2 Å². The van der Waals surface area contributed by atoms with Gasteiger partial charge < -0.3 is 31.3 Å². The molecule has 5 N–H and O–H groups in total. The van der Waals surface area contributed by atoms with Gasteiger partial charge in [-0.25, -0.2) is 4.98 Å². The van der Waals surface area contributed by atoms with Crippen molar-refractivity contribution in [2.75, 3.05) is 43.9 Å². The maximum absolute atomic E-state index is 5.44. The Balaban J connectivity index is 1.11. The summed E-state index contributed by atoms with van der Waals surface area (Å²) in [6.45, 7) is 9.84. The monoisotopic (exact) mass is 564 g/mol. The predicted molar refractivity (Wildman–Crippen MR) is 165 cm³/mol. The van der Waals surface area contributed by atoms with E-state index in [1.54, 1.807) is 7.11 Å². The van der Waals surface area contributed by atoms with Gasteiger partial charge in [0.1, 0.15) is 17.3 Å². The molecule has 2 fully saturated rings. The first-order valence-electron chi connectivity index (χ1n) is 15.4. The Labute approximate surface area is 244 Å². The van der Waals surface area contributed by atoms with Crippen molar-refractivity contribution >= 4 is 22.7 Å². The molecule has 0 atom stereocenters. The van der Waals surface area contributed by atoms with Gasteiger partial charge in [0.25, 0.3) is 0 Å². The number of aryl methyl sites for hydroxylation is 1. The van der Waals surface area contributed by atoms with E-state index in [9.17, 15) is 0 Å². The van der Waals surface area contributed by atoms with Crippen molar-refractivity contribution in [3.8, 4) is 5.75 Å². The van der Waals surface area contributed by atoms with Gasteiger partial charge >= 0.3 is 0 Å². The third-order valence-corrected chi connectivity index (χ3v) is 8.20. The van der Waals surface area contributed by atoms with Crippen LogP contribution in [0.4, 0.5) is 11.8 Å². The lowest BCUT2D eigenvalue weighted by Crippen LogP contribution is -2.50. The van der Waals surface area contributed by atoms with Gasteiger partial charge in [0.15, 0.2) is 0 Å². The van der Waals surface area contributed by atoms with Gasteiger partial charge in [0.05, 0.1) is 25.4 Å². The van der Waals surface area contributed by atoms with E-state index in [1.165, 1.54) is 32.1 Å². The Kier molecular flexibility index (Phi) is 10.2. The Morgan fingerprint density at radius 1 is 1.05 bits per heavy atom. The normalized spacial score (nSPS) is 17.1. The quantitative estimate of drug-likeness (QED) is 0.185. The highest BCUT2D eigenvalue weighted by Gasteiger charge is 2.20. The van der Waals surface area contributed by atoms with Gasteiger partial charge in [-0.15, -0.1) is 5.10 Å². The highest BCUT2D eigenvalue weighted by molar-refractivity contribution is 5.91. The Hall–Kier alpha value is -3.02. The molecule has 41 heavy (non-hydrogen) atoms. The first kappa shape index (κ1) is 29.5. The summed E-state index contributed by atoms with van der Waals surface area (Å²) in [5.41, 5.74) is 1.77. The van der Waals surface area contributed by atoms with Crippen LogP contribution in [0.5, 0.6) is 5.75 Å². The summed E-state index contributed by atoms with van der Waals surface area (Å²) in [6, 6.07) is 7.00. The fourth-order valence-electron chi connectivity index (χ4n) is 5.72. The topological polar surface area (TPSA) is 126 Å². The minimum absolute atomic E-state index is 0.0698. The molecule has 0 amide bonds. The molecule has 5 rings (SSSR count). The van der Waals surface area contributed by atoms with Crippen LogP contribution in [-0.2, 0) is 13.1 Å². The fourth-order valence-corrected chi connectivity index (χ4v) is 5.72. The first-order chi connectivity index (χ1) is 20.0. The molecule has 11 nitrogen and oxygen atoms in total. The van der Waals surface area contributed by atoms with Crippen LogP contribution < -0.4 is 31.3 Å². The van der Waals surface area contributed by atoms with E-state index in [0.29, 0.717) is 24.6 Å². The SMILES string of the molecule is COc1ccc2c(NC3CCNCC3)nc(NCc3cn(CCCNC(C)(C)CNC4CCCCC4)nn3)nc2c1. The van der Waals surface area contributed by atoms with E-state index >= 15 is 0 Å². The molecule has 0 radical (unpaired) electrons. The molecule has 1 aromatic carbocycles. The van der Waals surface area contributed by atoms with Crippen molar-refractivity contribution in [2.45, 2.75) is 95.9 Å². The Morgan fingerprint density at radius 2 is 1.88 bits per heavy atom. The molecule has 0 spiro atoms. The average molecular weight is 565 g/mol. The first-order valence-corrected chi connectivity index (χ1v) is 15.4. The second-order valence-electron chi connectivity index (χ2n) is 12.2. The third kappa shape index (κ3) is 8.73. The second kappa shape index (κ2) is 14.2. The lowest BCUT2D eigenvalue weighted by molar-refractivity contribution is 0.305. The molecule has 2 aromatic heterocycles. The number of benzene rings is 1. The number of piperidine rings is 1. The van der Waals surface area contributed by atoms with Crippen LogP contribution in [-0.4, -0.2) is 75.9 Å². The minimum atomic E-state index is 0.0698. The zero-order valence-corrected chi connectivity index (χ0v) is 25.0. The number of methoxy groups -OCH3 is 1. The summed E-state index contributed by atoms with van der Waals surface area (Å²) >= 11 is 0. The summed E-state index contributed by atoms with van der Waals surface area (Å²) in [6.07, 6.45) is 11.9. The number of nitrogens with one attached hydrogen (secondary N) is 5. The van der Waals surface area contributed by atoms with Crippen LogP contribution in [0.15, 0.2) is 24.4 Å². The largest absolute Gasteiger partial charge is 0.497 e. The van der Waals surface area contributed by atoms with Gasteiger partial charge in [-0.1, -0.05) is 24.5 Å². The van der Waals surface area contributed by atoms with E-state index in [4.69, 9.17) is 14.7 Å². The van der Waals surface area contributed by atoms with Gasteiger partial charge in [-0.05, 0) is 77.7 Å². The number of hydrogen-bond acceptors (Lipinski definition) is 10. The molecule has 2 aliphatic rings. The molecule has 1 aliphatic carbocycles. The highest BCUT2D eigenvalue weighted by Crippen LogP contribution is 2.27. The van der Waals surface area contributed by atoms with Crippen molar-refractivity contribution in [2.24, 2.45) is 0 Å². The van der Waals surface area contributed by atoms with E-state index in [1.807, 2.05) is 29.1 Å². The maximum Gasteiger partial charge on any atom is 0.225 e. The fraction of sp³-hybridized carbons (Fsp3) is 0.667. The van der Waals surface area contributed by atoms with E-state index < -0.39 is 0 Å². The summed E-state index contributed by atoms with van der Waals surface area (Å²) in [4.78, 5) is 9.60. The molecule has 0 unspecified atom stereocenters. The van der Waals surface area contributed by atoms with Crippen molar-refractivity contribution in [1.82, 2.24) is 40.9 Å². The molecular weight excluding hydrogens is 516 g/mol. The van der Waals surface area contributed by atoms with Crippen molar-refractivity contribution in [3.63, 3.8) is 0 Å². The van der Waals surface area contributed by atoms with E-state index in [-0.39, 0.29) is 5.54 Å². The molecule has 224 valence electrons. The Bertz CT molecular complexity index is 1230. The van der Waals surface area contributed by atoms with Crippen LogP contribution in [0.3, 0.4) is 0 Å². The van der Waals surface area contributed by atoms with Crippen molar-refractivity contribution in [1.29, 1.82) is 0 Å². The van der Waals surface area contributed by atoms with Crippen LogP contribution in [0.1, 0.15) is 70.9 Å². The average Bonchev–Trinajstić information content (AvgIpc) is 3.46. The zero-order valence-electron chi connectivity index (χ0n) is 25.0. The standard InChI is InChI=1S/C30H48N10O/c1-30(2,21-33-22-8-5-4-6-9-22)34-14-7-17-40-20-24(38-39-40)19-32-29-36-27-18-25(41-3)10-11-26(27)28(37-29)35-23-12-15-31-16-13-23/h10-11,18,20,22-23,31,33-34H,4-9,12-17,19,21H2,1-3H3,(H2,32,35,36,37). The smallest absolute Gasteiger partial charge is 0.225 e. The minimum Gasteiger partial charge on any atom is -0.497 e. The number of rotatable bonds is 14. The van der Waals surface area contributed by atoms with Crippen molar-refractivity contribution < 1.29 is 4.74 Å². The Morgan fingerprint density at radius 3 is 2.68 bits per heavy atom. The molecule has 0 bridgehead atoms. The van der Waals surface area contributed by atoms with Gasteiger partial charge in [-0.3, -0.25) is 4.68 Å². The number of ether oxygens (including phenoxy) is 1. The zero-order chi connectivity index (χ0) is 28.5. The molecule has 1 aliphatic heterocycles. The molecule has 11 heteroatoms. The van der Waals surface area contributed by atoms with Gasteiger partial charge in [-0.2, -0.15) is 4.98 Å². The van der Waals surface area contributed by atoms with Crippen LogP contribution in [0, 0.1) is 0 Å². The molecule has 3 heterocycles. The van der Waals surface area contributed by atoms with Crippen LogP contribution in [0.25, 0.3) is 10.9 Å². The van der Waals surface area contributed by atoms with Gasteiger partial charge in [0.2, 0.25) is 5.95 Å². The molecular formula is C30H48N10O. The summed E-state index contributed by atoms with van der Waals surface area (Å²) < 4.78 is 7.36. The molecule has 1 saturated carbocycles. The molecule has 3 aromatic rings. The van der Waals surface area contributed by atoms with Crippen molar-refractivity contribution in [3.05, 3.63) is 30.1 Å². The highest BCUT2D eigenvalue weighted by atomic mass is 16.5. The number of fused-ring (bicyclic) bond motifs is 1. The van der Waals surface area contributed by atoms with Gasteiger partial charge in [0, 0.05) is 42.2 Å². The predicted octanol–water partition coefficient (Wildman–Crippen LogP) is 3.69. The number of nitrogens with zero attached hydrogens (tertiary/aromatic N) is 5. The molecule has 1 saturated heterocycles. The van der Waals surface area contributed by atoms with Crippen LogP contribution >= 0.6 is 0 Å². The second-order valence-corrected chi connectivity index (χ2v) is 12.2. The summed E-state index contributed by atoms with van der Waals surface area (Å²) in [5.74, 6) is 2.18. The lowest BCUT2D eigenvalue weighted by Gasteiger charge is -2.31. The summed E-state index contributed by atoms with van der Waals surface area (Å²) in [5, 5.41) is 27.6. The maximum atomic E-state index is 5.44. The third-order valence-electron chi connectivity index (χ3n) is 8.20. The number of aromatic nitrogens is 5. The van der Waals surface area contributed by atoms with E-state index in [2.05, 4.69) is 50.7 Å². The summed E-state index contributed by atoms with van der Waals surface area (Å²) in [7, 11) is 1.67. The number of anilines is 2.